The Hall–Kier alpha value is -1.60. The molecule has 0 aromatic heterocycles. The standard InChI is InChI=1S/C11H8BrNO2/c1-2-10(14)15-11(12)9-6-4-3-5-8(9)7-13/h2-6,11H,1H2. The van der Waals surface area contributed by atoms with E-state index in [4.69, 9.17) is 10.00 Å². The summed E-state index contributed by atoms with van der Waals surface area (Å²) in [6.07, 6.45) is 1.07. The molecule has 0 aliphatic heterocycles. The summed E-state index contributed by atoms with van der Waals surface area (Å²) >= 11 is 3.18. The normalized spacial score (nSPS) is 11.2. The van der Waals surface area contributed by atoms with Gasteiger partial charge < -0.3 is 4.74 Å². The van der Waals surface area contributed by atoms with E-state index in [0.717, 1.165) is 6.08 Å². The maximum atomic E-state index is 10.9. The summed E-state index contributed by atoms with van der Waals surface area (Å²) in [5, 5.41) is 8.20. The Kier molecular flexibility index (Phi) is 4.07. The van der Waals surface area contributed by atoms with E-state index >= 15 is 0 Å². The Morgan fingerprint density at radius 1 is 1.60 bits per heavy atom. The number of benzene rings is 1. The topological polar surface area (TPSA) is 50.1 Å². The molecule has 0 bridgehead atoms. The van der Waals surface area contributed by atoms with Gasteiger partial charge in [-0.05, 0) is 22.0 Å². The minimum absolute atomic E-state index is 0.469. The third-order valence-corrected chi connectivity index (χ3v) is 2.39. The zero-order valence-electron chi connectivity index (χ0n) is 7.81. The first kappa shape index (κ1) is 11.5. The van der Waals surface area contributed by atoms with Crippen molar-refractivity contribution in [3.05, 3.63) is 48.0 Å². The highest BCUT2D eigenvalue weighted by molar-refractivity contribution is 9.09. The first-order valence-corrected chi connectivity index (χ1v) is 5.06. The van der Waals surface area contributed by atoms with Crippen LogP contribution in [0, 0.1) is 11.3 Å². The fourth-order valence-corrected chi connectivity index (χ4v) is 1.59. The molecule has 0 N–H and O–H groups in total. The molecule has 1 aromatic rings. The third-order valence-electron chi connectivity index (χ3n) is 1.71. The molecule has 3 nitrogen and oxygen atoms in total. The van der Waals surface area contributed by atoms with Gasteiger partial charge in [0.1, 0.15) is 0 Å². The highest BCUT2D eigenvalue weighted by Gasteiger charge is 2.14. The van der Waals surface area contributed by atoms with E-state index in [0.29, 0.717) is 11.1 Å². The minimum atomic E-state index is -0.626. The molecular weight excluding hydrogens is 258 g/mol. The second-order valence-corrected chi connectivity index (χ2v) is 3.49. The fourth-order valence-electron chi connectivity index (χ4n) is 1.01. The van der Waals surface area contributed by atoms with Crippen molar-refractivity contribution >= 4 is 21.9 Å². The minimum Gasteiger partial charge on any atom is -0.443 e. The van der Waals surface area contributed by atoms with Crippen LogP contribution in [0.25, 0.3) is 0 Å². The number of nitriles is 1. The van der Waals surface area contributed by atoms with Gasteiger partial charge >= 0.3 is 5.97 Å². The summed E-state index contributed by atoms with van der Waals surface area (Å²) in [5.74, 6) is -0.537. The number of ether oxygens (including phenoxy) is 1. The number of carbonyl (C=O) groups excluding carboxylic acids is 1. The van der Waals surface area contributed by atoms with E-state index in [1.165, 1.54) is 0 Å². The van der Waals surface area contributed by atoms with Crippen LogP contribution in [0.5, 0.6) is 0 Å². The Morgan fingerprint density at radius 3 is 2.87 bits per heavy atom. The lowest BCUT2D eigenvalue weighted by atomic mass is 10.1. The molecule has 0 saturated carbocycles. The van der Waals surface area contributed by atoms with Crippen molar-refractivity contribution in [2.75, 3.05) is 0 Å². The lowest BCUT2D eigenvalue weighted by Gasteiger charge is -2.11. The molecule has 0 saturated heterocycles. The SMILES string of the molecule is C=CC(=O)OC(Br)c1ccccc1C#N. The van der Waals surface area contributed by atoms with Crippen molar-refractivity contribution in [3.8, 4) is 6.07 Å². The van der Waals surface area contributed by atoms with Gasteiger partial charge in [0, 0.05) is 11.6 Å². The van der Waals surface area contributed by atoms with E-state index in [1.807, 2.05) is 6.07 Å². The highest BCUT2D eigenvalue weighted by Crippen LogP contribution is 2.26. The number of halogens is 1. The number of carbonyl (C=O) groups is 1. The zero-order chi connectivity index (χ0) is 11.3. The molecule has 1 unspecified atom stereocenters. The van der Waals surface area contributed by atoms with Gasteiger partial charge in [-0.3, -0.25) is 0 Å². The quantitative estimate of drug-likeness (QED) is 0.480. The van der Waals surface area contributed by atoms with E-state index in [9.17, 15) is 4.79 Å². The molecule has 76 valence electrons. The smallest absolute Gasteiger partial charge is 0.331 e. The van der Waals surface area contributed by atoms with Crippen LogP contribution in [-0.2, 0) is 9.53 Å². The van der Waals surface area contributed by atoms with Crippen LogP contribution in [0.2, 0.25) is 0 Å². The van der Waals surface area contributed by atoms with Gasteiger partial charge in [-0.2, -0.15) is 5.26 Å². The molecule has 1 rings (SSSR count). The molecule has 0 radical (unpaired) electrons. The monoisotopic (exact) mass is 265 g/mol. The Labute approximate surface area is 96.1 Å². The van der Waals surface area contributed by atoms with Crippen molar-refractivity contribution in [2.24, 2.45) is 0 Å². The van der Waals surface area contributed by atoms with Crippen molar-refractivity contribution in [1.82, 2.24) is 0 Å². The number of nitrogens with zero attached hydrogens (tertiary/aromatic N) is 1. The van der Waals surface area contributed by atoms with Gasteiger partial charge in [-0.1, -0.05) is 24.8 Å². The van der Waals surface area contributed by atoms with Crippen LogP contribution in [0.15, 0.2) is 36.9 Å². The Morgan fingerprint density at radius 2 is 2.27 bits per heavy atom. The number of esters is 1. The first-order chi connectivity index (χ1) is 7.19. The molecule has 1 atom stereocenters. The molecule has 0 spiro atoms. The second kappa shape index (κ2) is 5.32. The molecule has 0 aliphatic rings. The third kappa shape index (κ3) is 2.93. The van der Waals surface area contributed by atoms with Gasteiger partial charge in [0.2, 0.25) is 0 Å². The summed E-state index contributed by atoms with van der Waals surface area (Å²) in [7, 11) is 0. The van der Waals surface area contributed by atoms with Gasteiger partial charge in [0.05, 0.1) is 11.6 Å². The van der Waals surface area contributed by atoms with E-state index in [-0.39, 0.29) is 0 Å². The lowest BCUT2D eigenvalue weighted by Crippen LogP contribution is -2.04. The molecule has 1 aromatic carbocycles. The van der Waals surface area contributed by atoms with Crippen LogP contribution in [-0.4, -0.2) is 5.97 Å². The Balaban J connectivity index is 2.91. The predicted molar refractivity (Wildman–Crippen MR) is 59.1 cm³/mol. The molecule has 0 amide bonds. The molecule has 0 fully saturated rings. The first-order valence-electron chi connectivity index (χ1n) is 4.15. The molecule has 4 heteroatoms. The number of hydrogen-bond donors (Lipinski definition) is 0. The summed E-state index contributed by atoms with van der Waals surface area (Å²) in [5.41, 5.74) is 1.09. The van der Waals surface area contributed by atoms with Gasteiger partial charge in [0.25, 0.3) is 0 Å². The van der Waals surface area contributed by atoms with Crippen LogP contribution >= 0.6 is 15.9 Å². The molecular formula is C11H8BrNO2. The van der Waals surface area contributed by atoms with E-state index in [1.54, 1.807) is 24.3 Å². The zero-order valence-corrected chi connectivity index (χ0v) is 9.40. The number of hydrogen-bond acceptors (Lipinski definition) is 3. The largest absolute Gasteiger partial charge is 0.443 e. The van der Waals surface area contributed by atoms with Crippen LogP contribution in [0.1, 0.15) is 16.1 Å². The Bertz CT molecular complexity index is 423. The average Bonchev–Trinajstić information content (AvgIpc) is 2.28. The van der Waals surface area contributed by atoms with Crippen molar-refractivity contribution in [3.63, 3.8) is 0 Å². The van der Waals surface area contributed by atoms with Gasteiger partial charge in [-0.15, -0.1) is 0 Å². The van der Waals surface area contributed by atoms with Crippen LogP contribution in [0.3, 0.4) is 0 Å². The summed E-state index contributed by atoms with van der Waals surface area (Å²) < 4.78 is 4.94. The molecule has 0 heterocycles. The van der Waals surface area contributed by atoms with Gasteiger partial charge in [-0.25, -0.2) is 4.79 Å². The predicted octanol–water partition coefficient (Wildman–Crippen LogP) is 2.68. The number of rotatable bonds is 3. The van der Waals surface area contributed by atoms with Gasteiger partial charge in [0.15, 0.2) is 5.01 Å². The van der Waals surface area contributed by atoms with E-state index in [2.05, 4.69) is 22.5 Å². The summed E-state index contributed by atoms with van der Waals surface area (Å²) in [6.45, 7) is 3.29. The second-order valence-electron chi connectivity index (χ2n) is 2.66. The maximum Gasteiger partial charge on any atom is 0.331 e. The summed E-state index contributed by atoms with van der Waals surface area (Å²) in [4.78, 5) is 10.9. The average molecular weight is 266 g/mol. The van der Waals surface area contributed by atoms with Crippen molar-refractivity contribution in [1.29, 1.82) is 5.26 Å². The highest BCUT2D eigenvalue weighted by atomic mass is 79.9. The van der Waals surface area contributed by atoms with Crippen LogP contribution in [0.4, 0.5) is 0 Å². The molecule has 15 heavy (non-hydrogen) atoms. The van der Waals surface area contributed by atoms with Crippen molar-refractivity contribution in [2.45, 2.75) is 5.01 Å². The lowest BCUT2D eigenvalue weighted by molar-refractivity contribution is -0.139. The summed E-state index contributed by atoms with van der Waals surface area (Å²) in [6, 6.07) is 8.91. The fraction of sp³-hybridized carbons (Fsp3) is 0.0909. The number of alkyl halides is 1. The molecule has 0 aliphatic carbocycles. The van der Waals surface area contributed by atoms with Crippen molar-refractivity contribution < 1.29 is 9.53 Å². The van der Waals surface area contributed by atoms with E-state index < -0.39 is 11.0 Å². The maximum absolute atomic E-state index is 10.9. The van der Waals surface area contributed by atoms with Crippen LogP contribution < -0.4 is 0 Å².